The molecule has 0 radical (unpaired) electrons. The monoisotopic (exact) mass is 400 g/mol. The quantitative estimate of drug-likeness (QED) is 0.352. The van der Waals surface area contributed by atoms with E-state index in [1.165, 1.54) is 6.92 Å². The molecule has 4 rings (SSSR count). The van der Waals surface area contributed by atoms with Crippen molar-refractivity contribution < 1.29 is 19.1 Å². The fourth-order valence-electron chi connectivity index (χ4n) is 3.25. The Morgan fingerprint density at radius 2 is 1.60 bits per heavy atom. The average molecular weight is 400 g/mol. The zero-order valence-electron chi connectivity index (χ0n) is 16.4. The molecule has 0 spiro atoms. The van der Waals surface area contributed by atoms with E-state index < -0.39 is 11.9 Å². The lowest BCUT2D eigenvalue weighted by atomic mass is 10.2. The highest BCUT2D eigenvalue weighted by atomic mass is 16.5. The van der Waals surface area contributed by atoms with Crippen molar-refractivity contribution in [3.63, 3.8) is 0 Å². The smallest absolute Gasteiger partial charge is 0.338 e. The van der Waals surface area contributed by atoms with Crippen LogP contribution in [0.1, 0.15) is 17.3 Å². The third-order valence-electron chi connectivity index (χ3n) is 4.59. The third-order valence-corrected chi connectivity index (χ3v) is 4.59. The highest BCUT2D eigenvalue weighted by Gasteiger charge is 2.13. The van der Waals surface area contributed by atoms with Gasteiger partial charge in [-0.25, -0.2) is 9.78 Å². The summed E-state index contributed by atoms with van der Waals surface area (Å²) in [5.74, 6) is 0.372. The van der Waals surface area contributed by atoms with Gasteiger partial charge >= 0.3 is 11.9 Å². The van der Waals surface area contributed by atoms with Crippen molar-refractivity contribution in [1.29, 1.82) is 0 Å². The lowest BCUT2D eigenvalue weighted by Gasteiger charge is -2.10. The van der Waals surface area contributed by atoms with Gasteiger partial charge < -0.3 is 14.0 Å². The fraction of sp³-hybridized carbons (Fsp3) is 0.125. The van der Waals surface area contributed by atoms with Crippen LogP contribution in [0.25, 0.3) is 22.4 Å². The van der Waals surface area contributed by atoms with E-state index in [2.05, 4.69) is 4.57 Å². The maximum Gasteiger partial charge on any atom is 0.338 e. The maximum absolute atomic E-state index is 12.4. The summed E-state index contributed by atoms with van der Waals surface area (Å²) in [4.78, 5) is 28.1. The molecule has 0 aliphatic heterocycles. The number of para-hydroxylation sites is 2. The van der Waals surface area contributed by atoms with Gasteiger partial charge in [-0.2, -0.15) is 0 Å². The number of benzene rings is 3. The number of nitrogens with zero attached hydrogens (tertiary/aromatic N) is 2. The van der Waals surface area contributed by atoms with Gasteiger partial charge in [0.25, 0.3) is 0 Å². The van der Waals surface area contributed by atoms with Crippen molar-refractivity contribution >= 4 is 23.0 Å². The van der Waals surface area contributed by atoms with E-state index in [9.17, 15) is 9.59 Å². The Morgan fingerprint density at radius 3 is 2.33 bits per heavy atom. The van der Waals surface area contributed by atoms with Crippen molar-refractivity contribution in [3.05, 3.63) is 84.4 Å². The van der Waals surface area contributed by atoms with E-state index in [-0.39, 0.29) is 6.61 Å². The second kappa shape index (κ2) is 8.61. The lowest BCUT2D eigenvalue weighted by Crippen LogP contribution is -2.12. The van der Waals surface area contributed by atoms with Crippen molar-refractivity contribution in [3.8, 4) is 17.1 Å². The van der Waals surface area contributed by atoms with E-state index in [1.54, 1.807) is 24.3 Å². The van der Waals surface area contributed by atoms with Crippen LogP contribution in [-0.4, -0.2) is 28.1 Å². The number of carbonyl (C=O) groups excluding carboxylic acids is 2. The Bertz CT molecular complexity index is 1180. The standard InChI is InChI=1S/C24H20N2O4/c1-17(27)30-20-13-11-19(12-14-20)24(28)29-16-15-26-22-10-6-5-9-21(22)25-23(26)18-7-3-2-4-8-18/h2-14H,15-16H2,1H3. The number of carbonyl (C=O) groups is 2. The summed E-state index contributed by atoms with van der Waals surface area (Å²) >= 11 is 0. The number of hydrogen-bond donors (Lipinski definition) is 0. The average Bonchev–Trinajstić information content (AvgIpc) is 3.13. The molecular formula is C24H20N2O4. The number of hydrogen-bond acceptors (Lipinski definition) is 5. The van der Waals surface area contributed by atoms with Crippen LogP contribution in [0.3, 0.4) is 0 Å². The van der Waals surface area contributed by atoms with Gasteiger partial charge in [0.1, 0.15) is 18.2 Å². The van der Waals surface area contributed by atoms with Crippen LogP contribution in [-0.2, 0) is 16.1 Å². The van der Waals surface area contributed by atoms with E-state index in [0.717, 1.165) is 22.4 Å². The number of aromatic nitrogens is 2. The molecule has 0 saturated heterocycles. The first kappa shape index (κ1) is 19.4. The van der Waals surface area contributed by atoms with E-state index in [0.29, 0.717) is 17.9 Å². The van der Waals surface area contributed by atoms with E-state index in [1.807, 2.05) is 54.6 Å². The molecule has 4 aromatic rings. The molecule has 0 aliphatic carbocycles. The molecule has 30 heavy (non-hydrogen) atoms. The van der Waals surface area contributed by atoms with Gasteiger partial charge in [0.05, 0.1) is 23.1 Å². The summed E-state index contributed by atoms with van der Waals surface area (Å²) in [6.45, 7) is 2.00. The topological polar surface area (TPSA) is 70.4 Å². The zero-order valence-corrected chi connectivity index (χ0v) is 16.4. The van der Waals surface area contributed by atoms with Crippen LogP contribution in [0.4, 0.5) is 0 Å². The number of fused-ring (bicyclic) bond motifs is 1. The molecular weight excluding hydrogens is 380 g/mol. The van der Waals surface area contributed by atoms with Gasteiger partial charge in [0.15, 0.2) is 0 Å². The van der Waals surface area contributed by atoms with Crippen LogP contribution in [0, 0.1) is 0 Å². The fourth-order valence-corrected chi connectivity index (χ4v) is 3.25. The van der Waals surface area contributed by atoms with Gasteiger partial charge in [0, 0.05) is 12.5 Å². The number of esters is 2. The molecule has 1 heterocycles. The number of ether oxygens (including phenoxy) is 2. The predicted molar refractivity (Wildman–Crippen MR) is 113 cm³/mol. The summed E-state index contributed by atoms with van der Waals surface area (Å²) in [5.41, 5.74) is 3.27. The Labute approximate surface area is 173 Å². The molecule has 3 aromatic carbocycles. The molecule has 0 saturated carbocycles. The first-order valence-corrected chi connectivity index (χ1v) is 9.58. The van der Waals surface area contributed by atoms with Crippen LogP contribution in [0.5, 0.6) is 5.75 Å². The zero-order chi connectivity index (χ0) is 20.9. The Hall–Kier alpha value is -3.93. The van der Waals surface area contributed by atoms with Crippen molar-refractivity contribution in [2.45, 2.75) is 13.5 Å². The largest absolute Gasteiger partial charge is 0.460 e. The SMILES string of the molecule is CC(=O)Oc1ccc(C(=O)OCCn2c(-c3ccccc3)nc3ccccc32)cc1. The van der Waals surface area contributed by atoms with Gasteiger partial charge in [0.2, 0.25) is 0 Å². The second-order valence-corrected chi connectivity index (χ2v) is 6.70. The summed E-state index contributed by atoms with van der Waals surface area (Å²) in [6, 6.07) is 24.1. The van der Waals surface area contributed by atoms with Gasteiger partial charge in [-0.15, -0.1) is 0 Å². The summed E-state index contributed by atoms with van der Waals surface area (Å²) in [6.07, 6.45) is 0. The molecule has 0 atom stereocenters. The highest BCUT2D eigenvalue weighted by molar-refractivity contribution is 5.89. The van der Waals surface area contributed by atoms with Crippen molar-refractivity contribution in [1.82, 2.24) is 9.55 Å². The molecule has 0 amide bonds. The molecule has 0 fully saturated rings. The maximum atomic E-state index is 12.4. The molecule has 150 valence electrons. The molecule has 0 aliphatic rings. The minimum absolute atomic E-state index is 0.199. The third kappa shape index (κ3) is 4.22. The molecule has 0 bridgehead atoms. The van der Waals surface area contributed by atoms with Crippen molar-refractivity contribution in [2.75, 3.05) is 6.61 Å². The summed E-state index contributed by atoms with van der Waals surface area (Å²) in [5, 5.41) is 0. The van der Waals surface area contributed by atoms with Crippen LogP contribution >= 0.6 is 0 Å². The molecule has 6 heteroatoms. The summed E-state index contributed by atoms with van der Waals surface area (Å²) < 4.78 is 12.5. The Morgan fingerprint density at radius 1 is 0.900 bits per heavy atom. The molecule has 0 unspecified atom stereocenters. The van der Waals surface area contributed by atoms with Crippen LogP contribution < -0.4 is 4.74 Å². The minimum Gasteiger partial charge on any atom is -0.460 e. The predicted octanol–water partition coefficient (Wildman–Crippen LogP) is 4.49. The second-order valence-electron chi connectivity index (χ2n) is 6.70. The summed E-state index contributed by atoms with van der Waals surface area (Å²) in [7, 11) is 0. The van der Waals surface area contributed by atoms with Gasteiger partial charge in [-0.3, -0.25) is 4.79 Å². The van der Waals surface area contributed by atoms with Gasteiger partial charge in [-0.05, 0) is 36.4 Å². The van der Waals surface area contributed by atoms with E-state index in [4.69, 9.17) is 14.5 Å². The van der Waals surface area contributed by atoms with Gasteiger partial charge in [-0.1, -0.05) is 42.5 Å². The molecule has 6 nitrogen and oxygen atoms in total. The minimum atomic E-state index is -0.435. The normalized spacial score (nSPS) is 10.7. The first-order chi connectivity index (χ1) is 14.6. The van der Waals surface area contributed by atoms with Crippen LogP contribution in [0.15, 0.2) is 78.9 Å². The molecule has 1 aromatic heterocycles. The van der Waals surface area contributed by atoms with Crippen molar-refractivity contribution in [2.24, 2.45) is 0 Å². The Balaban J connectivity index is 1.48. The number of imidazole rings is 1. The first-order valence-electron chi connectivity index (χ1n) is 9.58. The van der Waals surface area contributed by atoms with Crippen LogP contribution in [0.2, 0.25) is 0 Å². The number of rotatable bonds is 6. The van der Waals surface area contributed by atoms with E-state index >= 15 is 0 Å². The Kier molecular flexibility index (Phi) is 5.57. The lowest BCUT2D eigenvalue weighted by molar-refractivity contribution is -0.131. The highest BCUT2D eigenvalue weighted by Crippen LogP contribution is 2.24. The molecule has 0 N–H and O–H groups in total.